The highest BCUT2D eigenvalue weighted by molar-refractivity contribution is 6.33. The van der Waals surface area contributed by atoms with Gasteiger partial charge in [0.15, 0.2) is 5.60 Å². The van der Waals surface area contributed by atoms with Crippen LogP contribution < -0.4 is 5.73 Å². The molecule has 1 fully saturated rings. The van der Waals surface area contributed by atoms with Gasteiger partial charge in [-0.3, -0.25) is 9.59 Å². The van der Waals surface area contributed by atoms with Gasteiger partial charge in [-0.15, -0.1) is 0 Å². The Labute approximate surface area is 187 Å². The van der Waals surface area contributed by atoms with E-state index >= 15 is 0 Å². The number of aliphatic hydroxyl groups excluding tert-OH is 2. The first kappa shape index (κ1) is 20.9. The molecule has 3 aliphatic rings. The van der Waals surface area contributed by atoms with Gasteiger partial charge in [0.1, 0.15) is 28.5 Å². The number of amides is 1. The van der Waals surface area contributed by atoms with Crippen molar-refractivity contribution in [3.8, 4) is 17.0 Å². The molecule has 0 radical (unpaired) electrons. The van der Waals surface area contributed by atoms with Crippen molar-refractivity contribution in [3.63, 3.8) is 0 Å². The summed E-state index contributed by atoms with van der Waals surface area (Å²) in [5.41, 5.74) is 3.12. The summed E-state index contributed by atoms with van der Waals surface area (Å²) in [4.78, 5) is 26.7. The van der Waals surface area contributed by atoms with E-state index in [1.165, 1.54) is 10.9 Å². The molecule has 11 nitrogen and oxygen atoms in total. The number of hydrogen-bond donors (Lipinski definition) is 6. The number of aliphatic hydroxyl groups is 3. The lowest BCUT2D eigenvalue weighted by atomic mass is 9.58. The number of carbonyl (C=O) groups is 2. The van der Waals surface area contributed by atoms with Gasteiger partial charge in [0.25, 0.3) is 5.91 Å². The third kappa shape index (κ3) is 2.68. The number of ketones is 1. The van der Waals surface area contributed by atoms with Crippen LogP contribution in [-0.4, -0.2) is 58.4 Å². The van der Waals surface area contributed by atoms with Crippen molar-refractivity contribution >= 4 is 23.2 Å². The van der Waals surface area contributed by atoms with Crippen molar-refractivity contribution in [1.29, 1.82) is 5.41 Å². The first-order valence-electron chi connectivity index (χ1n) is 10.3. The second kappa shape index (κ2) is 6.75. The minimum Gasteiger partial charge on any atom is -0.511 e. The summed E-state index contributed by atoms with van der Waals surface area (Å²) in [7, 11) is 1.66. The Balaban J connectivity index is 1.69. The Hall–Kier alpha value is -3.99. The fourth-order valence-corrected chi connectivity index (χ4v) is 5.38. The van der Waals surface area contributed by atoms with Gasteiger partial charge < -0.3 is 31.6 Å². The van der Waals surface area contributed by atoms with E-state index in [0.717, 1.165) is 0 Å². The zero-order valence-corrected chi connectivity index (χ0v) is 17.5. The molecule has 3 aliphatic carbocycles. The first-order valence-corrected chi connectivity index (χ1v) is 10.3. The normalized spacial score (nSPS) is 26.7. The van der Waals surface area contributed by atoms with Gasteiger partial charge in [-0.2, -0.15) is 15.0 Å². The summed E-state index contributed by atoms with van der Waals surface area (Å²) >= 11 is 0. The van der Waals surface area contributed by atoms with Gasteiger partial charge in [-0.1, -0.05) is 0 Å². The molecule has 11 heteroatoms. The lowest BCUT2D eigenvalue weighted by molar-refractivity contribution is -0.136. The number of aromatic hydroxyl groups is 1. The van der Waals surface area contributed by atoms with Crippen molar-refractivity contribution in [2.45, 2.75) is 24.9 Å². The van der Waals surface area contributed by atoms with E-state index in [2.05, 4.69) is 10.2 Å². The Morgan fingerprint density at radius 3 is 2.64 bits per heavy atom. The number of phenolic OH excluding ortho intramolecular Hbond substituents is 1. The standard InChI is InChI=1S/C22H21N5O6/c1-27-25-7-12(26-27)10-2-3-13(28)16-11(10)5-8-4-9-6-14(29)17(21(24)32)19(23)22(9,33)20(31)15(8)18(16)30/h2-3,7-9,23,28-30,33H,4-6H2,1H3,(H2,24,32)/t8-,9+,22-/m1/s1. The molecule has 0 saturated heterocycles. The molecular formula is C22H21N5O6. The molecule has 1 aromatic carbocycles. The number of carbonyl (C=O) groups excluding carboxylic acids is 2. The number of phenols is 1. The van der Waals surface area contributed by atoms with Crippen molar-refractivity contribution in [2.24, 2.45) is 24.6 Å². The van der Waals surface area contributed by atoms with Crippen LogP contribution in [0.2, 0.25) is 0 Å². The Morgan fingerprint density at radius 1 is 1.27 bits per heavy atom. The molecule has 0 aliphatic heterocycles. The SMILES string of the molecule is Cn1ncc(-c2ccc(O)c3c2C[C@H]2C[C@H]4CC(O)=C(C(N)=O)C(=N)[C@@]4(O)C(=O)C2=C3O)n1. The molecule has 3 atom stereocenters. The average Bonchev–Trinajstić information content (AvgIpc) is 3.16. The molecule has 7 N–H and O–H groups in total. The molecule has 5 rings (SSSR count). The number of rotatable bonds is 2. The molecule has 0 unspecified atom stereocenters. The van der Waals surface area contributed by atoms with E-state index in [4.69, 9.17) is 11.1 Å². The van der Waals surface area contributed by atoms with E-state index < -0.39 is 51.9 Å². The second-order valence-corrected chi connectivity index (χ2v) is 8.66. The Morgan fingerprint density at radius 2 is 2.00 bits per heavy atom. The quantitative estimate of drug-likeness (QED) is 0.383. The minimum atomic E-state index is -2.42. The number of nitrogens with one attached hydrogen (secondary N) is 1. The van der Waals surface area contributed by atoms with Gasteiger partial charge in [0.05, 0.1) is 17.5 Å². The average molecular weight is 451 g/mol. The third-order valence-electron chi connectivity index (χ3n) is 6.87. The lowest BCUT2D eigenvalue weighted by Gasteiger charge is -2.47. The smallest absolute Gasteiger partial charge is 0.254 e. The lowest BCUT2D eigenvalue weighted by Crippen LogP contribution is -2.61. The van der Waals surface area contributed by atoms with Crippen molar-refractivity contribution in [1.82, 2.24) is 15.0 Å². The maximum absolute atomic E-state index is 13.5. The third-order valence-corrected chi connectivity index (χ3v) is 6.87. The van der Waals surface area contributed by atoms with E-state index in [1.807, 2.05) is 0 Å². The van der Waals surface area contributed by atoms with E-state index in [1.54, 1.807) is 19.3 Å². The molecule has 1 amide bonds. The maximum atomic E-state index is 13.5. The topological polar surface area (TPSA) is 196 Å². The zero-order valence-electron chi connectivity index (χ0n) is 17.5. The molecule has 33 heavy (non-hydrogen) atoms. The second-order valence-electron chi connectivity index (χ2n) is 8.66. The summed E-state index contributed by atoms with van der Waals surface area (Å²) < 4.78 is 0. The van der Waals surface area contributed by atoms with Crippen LogP contribution in [0.3, 0.4) is 0 Å². The summed E-state index contributed by atoms with van der Waals surface area (Å²) in [5.74, 6) is -4.69. The molecule has 1 saturated carbocycles. The number of fused-ring (bicyclic) bond motifs is 3. The van der Waals surface area contributed by atoms with Gasteiger partial charge in [0.2, 0.25) is 5.78 Å². The fourth-order valence-electron chi connectivity index (χ4n) is 5.38. The number of hydrogen-bond acceptors (Lipinski definition) is 9. The number of nitrogens with two attached hydrogens (primary N) is 1. The number of Topliss-reactive ketones (excluding diaryl/α,β-unsaturated/α-hetero) is 1. The highest BCUT2D eigenvalue weighted by Gasteiger charge is 2.59. The van der Waals surface area contributed by atoms with Crippen LogP contribution in [0.4, 0.5) is 0 Å². The summed E-state index contributed by atoms with van der Waals surface area (Å²) in [6, 6.07) is 3.03. The fraction of sp³-hybridized carbons (Fsp3) is 0.318. The highest BCUT2D eigenvalue weighted by Crippen LogP contribution is 2.52. The van der Waals surface area contributed by atoms with Crippen molar-refractivity contribution in [3.05, 3.63) is 46.4 Å². The Bertz CT molecular complexity index is 1340. The zero-order chi connectivity index (χ0) is 23.8. The summed E-state index contributed by atoms with van der Waals surface area (Å²) in [6.07, 6.45) is 1.73. The number of aromatic nitrogens is 3. The van der Waals surface area contributed by atoms with Crippen molar-refractivity contribution < 1.29 is 30.0 Å². The van der Waals surface area contributed by atoms with Crippen LogP contribution in [0.15, 0.2) is 35.2 Å². The van der Waals surface area contributed by atoms with E-state index in [-0.39, 0.29) is 36.1 Å². The van der Waals surface area contributed by atoms with Crippen LogP contribution in [0.1, 0.15) is 24.0 Å². The summed E-state index contributed by atoms with van der Waals surface area (Å²) in [6.45, 7) is 0. The predicted octanol–water partition coefficient (Wildman–Crippen LogP) is 0.670. The summed E-state index contributed by atoms with van der Waals surface area (Å²) in [5, 5.41) is 59.9. The Kier molecular flexibility index (Phi) is 4.27. The largest absolute Gasteiger partial charge is 0.511 e. The first-order chi connectivity index (χ1) is 15.6. The molecule has 170 valence electrons. The predicted molar refractivity (Wildman–Crippen MR) is 114 cm³/mol. The molecule has 0 spiro atoms. The van der Waals surface area contributed by atoms with Gasteiger partial charge in [-0.05, 0) is 36.5 Å². The van der Waals surface area contributed by atoms with E-state index in [0.29, 0.717) is 16.8 Å². The molecule has 2 aromatic rings. The van der Waals surface area contributed by atoms with Crippen LogP contribution in [0.25, 0.3) is 17.0 Å². The number of primary amides is 1. The van der Waals surface area contributed by atoms with Gasteiger partial charge in [0, 0.05) is 30.5 Å². The minimum absolute atomic E-state index is 0.0515. The maximum Gasteiger partial charge on any atom is 0.254 e. The monoisotopic (exact) mass is 451 g/mol. The van der Waals surface area contributed by atoms with E-state index in [9.17, 15) is 30.0 Å². The van der Waals surface area contributed by atoms with Crippen LogP contribution >= 0.6 is 0 Å². The van der Waals surface area contributed by atoms with Crippen LogP contribution in [-0.2, 0) is 23.1 Å². The van der Waals surface area contributed by atoms with Crippen LogP contribution in [0, 0.1) is 17.2 Å². The molecular weight excluding hydrogens is 430 g/mol. The number of aryl methyl sites for hydroxylation is 1. The number of nitrogens with zero attached hydrogens (tertiary/aromatic N) is 3. The van der Waals surface area contributed by atoms with Gasteiger partial charge >= 0.3 is 0 Å². The number of allylic oxidation sites excluding steroid dienone is 1. The van der Waals surface area contributed by atoms with Crippen LogP contribution in [0.5, 0.6) is 5.75 Å². The van der Waals surface area contributed by atoms with Gasteiger partial charge in [-0.25, -0.2) is 0 Å². The highest BCUT2D eigenvalue weighted by atomic mass is 16.3. The number of benzene rings is 1. The molecule has 0 bridgehead atoms. The molecule has 1 aromatic heterocycles. The molecule has 1 heterocycles. The van der Waals surface area contributed by atoms with Crippen molar-refractivity contribution in [2.75, 3.05) is 0 Å².